The zero-order valence-corrected chi connectivity index (χ0v) is 11.7. The first-order valence-corrected chi connectivity index (χ1v) is 6.80. The molecule has 1 aliphatic rings. The fourth-order valence-electron chi connectivity index (χ4n) is 2.31. The van der Waals surface area contributed by atoms with E-state index in [1.165, 1.54) is 12.1 Å². The highest BCUT2D eigenvalue weighted by Gasteiger charge is 2.25. The SMILES string of the molecule is O=C1c2cc(Br)ccc2CCN1c1ccc(F)cc1. The maximum atomic E-state index is 12.9. The average molecular weight is 320 g/mol. The molecular weight excluding hydrogens is 309 g/mol. The third-order valence-corrected chi connectivity index (χ3v) is 3.78. The predicted octanol–water partition coefficient (Wildman–Crippen LogP) is 3.79. The van der Waals surface area contributed by atoms with Crippen LogP contribution in [-0.2, 0) is 6.42 Å². The summed E-state index contributed by atoms with van der Waals surface area (Å²) < 4.78 is 13.8. The average Bonchev–Trinajstić information content (AvgIpc) is 2.41. The Morgan fingerprint density at radius 1 is 1.11 bits per heavy atom. The van der Waals surface area contributed by atoms with Gasteiger partial charge in [-0.1, -0.05) is 22.0 Å². The molecule has 0 spiro atoms. The fourth-order valence-corrected chi connectivity index (χ4v) is 2.67. The maximum absolute atomic E-state index is 12.9. The molecular formula is C15H11BrFNO. The molecule has 1 heterocycles. The number of amides is 1. The molecule has 0 radical (unpaired) electrons. The third-order valence-electron chi connectivity index (χ3n) is 3.29. The number of hydrogen-bond donors (Lipinski definition) is 0. The minimum Gasteiger partial charge on any atom is -0.308 e. The van der Waals surface area contributed by atoms with Crippen LogP contribution in [-0.4, -0.2) is 12.5 Å². The van der Waals surface area contributed by atoms with Crippen molar-refractivity contribution < 1.29 is 9.18 Å². The summed E-state index contributed by atoms with van der Waals surface area (Å²) in [6, 6.07) is 11.8. The molecule has 0 saturated carbocycles. The van der Waals surface area contributed by atoms with Crippen molar-refractivity contribution in [3.05, 3.63) is 63.9 Å². The van der Waals surface area contributed by atoms with E-state index in [0.717, 1.165) is 22.1 Å². The standard InChI is InChI=1S/C15H11BrFNO/c16-11-2-1-10-7-8-18(15(19)14(10)9-11)13-5-3-12(17)4-6-13/h1-6,9H,7-8H2. The van der Waals surface area contributed by atoms with Crippen molar-refractivity contribution in [2.75, 3.05) is 11.4 Å². The molecule has 0 aliphatic carbocycles. The van der Waals surface area contributed by atoms with Gasteiger partial charge in [-0.3, -0.25) is 4.79 Å². The monoisotopic (exact) mass is 319 g/mol. The normalized spacial score (nSPS) is 14.4. The highest BCUT2D eigenvalue weighted by atomic mass is 79.9. The van der Waals surface area contributed by atoms with Crippen LogP contribution in [0, 0.1) is 5.82 Å². The summed E-state index contributed by atoms with van der Waals surface area (Å²) in [6.07, 6.45) is 0.811. The number of anilines is 1. The van der Waals surface area contributed by atoms with Gasteiger partial charge in [0.1, 0.15) is 5.82 Å². The van der Waals surface area contributed by atoms with Crippen molar-refractivity contribution >= 4 is 27.5 Å². The van der Waals surface area contributed by atoms with Crippen LogP contribution in [0.15, 0.2) is 46.9 Å². The Morgan fingerprint density at radius 2 is 1.84 bits per heavy atom. The van der Waals surface area contributed by atoms with Crippen LogP contribution in [0.1, 0.15) is 15.9 Å². The van der Waals surface area contributed by atoms with Gasteiger partial charge in [0.2, 0.25) is 0 Å². The van der Waals surface area contributed by atoms with Crippen LogP contribution in [0.4, 0.5) is 10.1 Å². The number of benzene rings is 2. The van der Waals surface area contributed by atoms with Crippen molar-refractivity contribution in [1.29, 1.82) is 0 Å². The lowest BCUT2D eigenvalue weighted by Gasteiger charge is -2.28. The van der Waals surface area contributed by atoms with E-state index in [2.05, 4.69) is 15.9 Å². The molecule has 1 aliphatic heterocycles. The second kappa shape index (κ2) is 4.78. The molecule has 0 saturated heterocycles. The van der Waals surface area contributed by atoms with Gasteiger partial charge in [-0.15, -0.1) is 0 Å². The van der Waals surface area contributed by atoms with Crippen LogP contribution < -0.4 is 4.90 Å². The largest absolute Gasteiger partial charge is 0.308 e. The summed E-state index contributed by atoms with van der Waals surface area (Å²) in [4.78, 5) is 14.2. The molecule has 1 amide bonds. The van der Waals surface area contributed by atoms with E-state index in [0.29, 0.717) is 12.1 Å². The first kappa shape index (κ1) is 12.4. The third kappa shape index (κ3) is 2.28. The molecule has 2 aromatic rings. The molecule has 96 valence electrons. The zero-order chi connectivity index (χ0) is 13.4. The van der Waals surface area contributed by atoms with Crippen molar-refractivity contribution in [2.24, 2.45) is 0 Å². The second-order valence-corrected chi connectivity index (χ2v) is 5.40. The van der Waals surface area contributed by atoms with Gasteiger partial charge in [0.25, 0.3) is 5.91 Å². The lowest BCUT2D eigenvalue weighted by molar-refractivity contribution is 0.0980. The molecule has 0 atom stereocenters. The molecule has 0 fully saturated rings. The van der Waals surface area contributed by atoms with Gasteiger partial charge in [0.15, 0.2) is 0 Å². The lowest BCUT2D eigenvalue weighted by Crippen LogP contribution is -2.37. The molecule has 0 N–H and O–H groups in total. The molecule has 3 rings (SSSR count). The Bertz CT molecular complexity index is 639. The van der Waals surface area contributed by atoms with Crippen molar-refractivity contribution in [1.82, 2.24) is 0 Å². The molecule has 0 unspecified atom stereocenters. The molecule has 0 aromatic heterocycles. The van der Waals surface area contributed by atoms with Gasteiger partial charge in [-0.25, -0.2) is 4.39 Å². The van der Waals surface area contributed by atoms with E-state index in [4.69, 9.17) is 0 Å². The number of hydrogen-bond acceptors (Lipinski definition) is 1. The van der Waals surface area contributed by atoms with Gasteiger partial charge in [-0.05, 0) is 48.4 Å². The highest BCUT2D eigenvalue weighted by molar-refractivity contribution is 9.10. The molecule has 19 heavy (non-hydrogen) atoms. The molecule has 4 heteroatoms. The number of nitrogens with zero attached hydrogens (tertiary/aromatic N) is 1. The number of halogens is 2. The Labute approximate surface area is 119 Å². The van der Waals surface area contributed by atoms with Crippen LogP contribution in [0.3, 0.4) is 0 Å². The van der Waals surface area contributed by atoms with E-state index >= 15 is 0 Å². The maximum Gasteiger partial charge on any atom is 0.258 e. The summed E-state index contributed by atoms with van der Waals surface area (Å²) in [5.41, 5.74) is 2.51. The number of fused-ring (bicyclic) bond motifs is 1. The van der Waals surface area contributed by atoms with Gasteiger partial charge >= 0.3 is 0 Å². The number of carbonyl (C=O) groups is 1. The van der Waals surface area contributed by atoms with E-state index in [9.17, 15) is 9.18 Å². The number of carbonyl (C=O) groups excluding carboxylic acids is 1. The highest BCUT2D eigenvalue weighted by Crippen LogP contribution is 2.26. The van der Waals surface area contributed by atoms with Crippen LogP contribution in [0.5, 0.6) is 0 Å². The first-order valence-electron chi connectivity index (χ1n) is 6.01. The van der Waals surface area contributed by atoms with E-state index < -0.39 is 0 Å². The minimum atomic E-state index is -0.295. The van der Waals surface area contributed by atoms with Crippen LogP contribution in [0.2, 0.25) is 0 Å². The van der Waals surface area contributed by atoms with Crippen molar-refractivity contribution in [2.45, 2.75) is 6.42 Å². The summed E-state index contributed by atoms with van der Waals surface area (Å²) >= 11 is 3.38. The van der Waals surface area contributed by atoms with Gasteiger partial charge in [0, 0.05) is 22.3 Å². The second-order valence-electron chi connectivity index (χ2n) is 4.48. The summed E-state index contributed by atoms with van der Waals surface area (Å²) in [7, 11) is 0. The molecule has 0 bridgehead atoms. The Balaban J connectivity index is 1.99. The quantitative estimate of drug-likeness (QED) is 0.783. The molecule has 2 aromatic carbocycles. The van der Waals surface area contributed by atoms with E-state index in [1.54, 1.807) is 17.0 Å². The van der Waals surface area contributed by atoms with E-state index in [1.807, 2.05) is 18.2 Å². The molecule has 2 nitrogen and oxygen atoms in total. The Kier molecular flexibility index (Phi) is 3.11. The zero-order valence-electron chi connectivity index (χ0n) is 10.1. The van der Waals surface area contributed by atoms with Crippen LogP contribution >= 0.6 is 15.9 Å². The topological polar surface area (TPSA) is 20.3 Å². The number of rotatable bonds is 1. The Hall–Kier alpha value is -1.68. The Morgan fingerprint density at radius 3 is 2.58 bits per heavy atom. The lowest BCUT2D eigenvalue weighted by atomic mass is 9.98. The van der Waals surface area contributed by atoms with Gasteiger partial charge in [0.05, 0.1) is 0 Å². The fraction of sp³-hybridized carbons (Fsp3) is 0.133. The summed E-state index contributed by atoms with van der Waals surface area (Å²) in [5.74, 6) is -0.328. The van der Waals surface area contributed by atoms with E-state index in [-0.39, 0.29) is 11.7 Å². The summed E-state index contributed by atoms with van der Waals surface area (Å²) in [5, 5.41) is 0. The van der Waals surface area contributed by atoms with Gasteiger partial charge in [-0.2, -0.15) is 0 Å². The first-order chi connectivity index (χ1) is 9.15. The smallest absolute Gasteiger partial charge is 0.258 e. The predicted molar refractivity (Wildman–Crippen MR) is 75.9 cm³/mol. The van der Waals surface area contributed by atoms with Crippen molar-refractivity contribution in [3.63, 3.8) is 0 Å². The van der Waals surface area contributed by atoms with Crippen molar-refractivity contribution in [3.8, 4) is 0 Å². The van der Waals surface area contributed by atoms with Crippen LogP contribution in [0.25, 0.3) is 0 Å². The van der Waals surface area contributed by atoms with Gasteiger partial charge < -0.3 is 4.90 Å². The summed E-state index contributed by atoms with van der Waals surface area (Å²) in [6.45, 7) is 0.624. The minimum absolute atomic E-state index is 0.0332.